The molecule has 0 spiro atoms. The zero-order valence-corrected chi connectivity index (χ0v) is 11.9. The molecule has 0 radical (unpaired) electrons. The molecule has 1 aromatic rings. The second kappa shape index (κ2) is 6.40. The Hall–Kier alpha value is -0.790. The third-order valence-electron chi connectivity index (χ3n) is 2.39. The lowest BCUT2D eigenvalue weighted by Gasteiger charge is -2.13. The normalized spacial score (nSPS) is 13.5. The average molecular weight is 292 g/mol. The van der Waals surface area contributed by atoms with E-state index < -0.39 is 15.8 Å². The molecule has 4 nitrogen and oxygen atoms in total. The van der Waals surface area contributed by atoms with Gasteiger partial charge in [0.1, 0.15) is 5.82 Å². The van der Waals surface area contributed by atoms with Gasteiger partial charge in [0.05, 0.1) is 10.6 Å². The molecule has 0 saturated carbocycles. The Bertz CT molecular complexity index is 506. The minimum absolute atomic E-state index is 0.0654. The molecule has 0 fully saturated rings. The van der Waals surface area contributed by atoms with Crippen molar-refractivity contribution in [2.24, 2.45) is 0 Å². The Balaban J connectivity index is 2.83. The predicted molar refractivity (Wildman–Crippen MR) is 73.6 cm³/mol. The first kappa shape index (κ1) is 15.3. The summed E-state index contributed by atoms with van der Waals surface area (Å²) in [5, 5.41) is 0. The summed E-state index contributed by atoms with van der Waals surface area (Å²) in [5.74, 6) is 0.134. The Kier molecular flexibility index (Phi) is 5.43. The van der Waals surface area contributed by atoms with Crippen LogP contribution < -0.4 is 10.5 Å². The maximum atomic E-state index is 13.2. The summed E-state index contributed by atoms with van der Waals surface area (Å²) < 4.78 is 39.6. The van der Waals surface area contributed by atoms with Gasteiger partial charge in [-0.2, -0.15) is 11.8 Å². The fraction of sp³-hybridized carbons (Fsp3) is 0.455. The minimum atomic E-state index is -3.68. The molecule has 1 aromatic carbocycles. The number of nitrogen functional groups attached to an aromatic ring is 1. The van der Waals surface area contributed by atoms with Gasteiger partial charge < -0.3 is 5.73 Å². The number of anilines is 1. The van der Waals surface area contributed by atoms with E-state index in [0.29, 0.717) is 0 Å². The molecule has 0 aliphatic rings. The Morgan fingerprint density at radius 3 is 2.72 bits per heavy atom. The number of sulfonamides is 1. The van der Waals surface area contributed by atoms with Crippen LogP contribution in [0.3, 0.4) is 0 Å². The number of rotatable bonds is 6. The molecule has 18 heavy (non-hydrogen) atoms. The van der Waals surface area contributed by atoms with Gasteiger partial charge in [-0.15, -0.1) is 0 Å². The van der Waals surface area contributed by atoms with Crippen LogP contribution in [0.2, 0.25) is 0 Å². The van der Waals surface area contributed by atoms with E-state index in [2.05, 4.69) is 4.72 Å². The van der Waals surface area contributed by atoms with Crippen molar-refractivity contribution in [3.63, 3.8) is 0 Å². The molecule has 0 aliphatic heterocycles. The largest absolute Gasteiger partial charge is 0.396 e. The number of hydrogen-bond donors (Lipinski definition) is 2. The second-order valence-corrected chi connectivity index (χ2v) is 6.69. The van der Waals surface area contributed by atoms with Gasteiger partial charge in [-0.25, -0.2) is 17.5 Å². The highest BCUT2D eigenvalue weighted by atomic mass is 32.2. The van der Waals surface area contributed by atoms with E-state index in [1.807, 2.05) is 6.26 Å². The van der Waals surface area contributed by atoms with Gasteiger partial charge in [-0.1, -0.05) is 0 Å². The van der Waals surface area contributed by atoms with Gasteiger partial charge in [0.25, 0.3) is 0 Å². The van der Waals surface area contributed by atoms with Crippen LogP contribution in [0.1, 0.15) is 13.3 Å². The van der Waals surface area contributed by atoms with E-state index in [0.717, 1.165) is 18.2 Å². The lowest BCUT2D eigenvalue weighted by atomic mass is 10.3. The number of benzene rings is 1. The molecule has 1 atom stereocenters. The van der Waals surface area contributed by atoms with E-state index in [4.69, 9.17) is 5.73 Å². The topological polar surface area (TPSA) is 72.2 Å². The highest BCUT2D eigenvalue weighted by Crippen LogP contribution is 2.16. The van der Waals surface area contributed by atoms with Gasteiger partial charge in [-0.05, 0) is 43.6 Å². The van der Waals surface area contributed by atoms with E-state index in [-0.39, 0.29) is 16.6 Å². The molecule has 7 heteroatoms. The third-order valence-corrected chi connectivity index (χ3v) is 4.62. The highest BCUT2D eigenvalue weighted by Gasteiger charge is 2.18. The van der Waals surface area contributed by atoms with Crippen molar-refractivity contribution in [2.45, 2.75) is 24.3 Å². The van der Waals surface area contributed by atoms with Crippen molar-refractivity contribution in [3.8, 4) is 0 Å². The maximum Gasteiger partial charge on any atom is 0.240 e. The van der Waals surface area contributed by atoms with Crippen LogP contribution in [0.5, 0.6) is 0 Å². The summed E-state index contributed by atoms with van der Waals surface area (Å²) in [7, 11) is -3.68. The van der Waals surface area contributed by atoms with Crippen molar-refractivity contribution in [1.82, 2.24) is 4.72 Å². The van der Waals surface area contributed by atoms with Gasteiger partial charge >= 0.3 is 0 Å². The number of halogens is 1. The summed E-state index contributed by atoms with van der Waals surface area (Å²) in [6.07, 6.45) is 2.68. The summed E-state index contributed by atoms with van der Waals surface area (Å²) in [6, 6.07) is 3.28. The fourth-order valence-electron chi connectivity index (χ4n) is 1.36. The first-order valence-electron chi connectivity index (χ1n) is 5.43. The standard InChI is InChI=1S/C11H17FN2O2S2/c1-8(5-6-17-2)14-18(15,16)9-3-4-11(13)10(12)7-9/h3-4,7-8,14H,5-6,13H2,1-2H3. The predicted octanol–water partition coefficient (Wildman–Crippen LogP) is 1.83. The summed E-state index contributed by atoms with van der Waals surface area (Å²) in [4.78, 5) is -0.106. The molecule has 102 valence electrons. The molecule has 0 aliphatic carbocycles. The molecule has 3 N–H and O–H groups in total. The first-order valence-corrected chi connectivity index (χ1v) is 8.31. The molecule has 0 bridgehead atoms. The Morgan fingerprint density at radius 2 is 2.17 bits per heavy atom. The number of nitrogens with two attached hydrogens (primary N) is 1. The van der Waals surface area contributed by atoms with E-state index >= 15 is 0 Å². The van der Waals surface area contributed by atoms with Crippen LogP contribution in [0.4, 0.5) is 10.1 Å². The molecular formula is C11H17FN2O2S2. The average Bonchev–Trinajstić information content (AvgIpc) is 2.29. The maximum absolute atomic E-state index is 13.2. The SMILES string of the molecule is CSCCC(C)NS(=O)(=O)c1ccc(N)c(F)c1. The smallest absolute Gasteiger partial charge is 0.240 e. The Labute approximate surface area is 111 Å². The van der Waals surface area contributed by atoms with Crippen molar-refractivity contribution in [3.05, 3.63) is 24.0 Å². The van der Waals surface area contributed by atoms with Gasteiger partial charge in [0.15, 0.2) is 0 Å². The van der Waals surface area contributed by atoms with Crippen LogP contribution in [0.25, 0.3) is 0 Å². The van der Waals surface area contributed by atoms with Crippen LogP contribution in [-0.2, 0) is 10.0 Å². The van der Waals surface area contributed by atoms with Crippen LogP contribution in [0.15, 0.2) is 23.1 Å². The molecule has 1 unspecified atom stereocenters. The quantitative estimate of drug-likeness (QED) is 0.785. The molecule has 0 amide bonds. The van der Waals surface area contributed by atoms with Crippen molar-refractivity contribution >= 4 is 27.5 Å². The van der Waals surface area contributed by atoms with Gasteiger partial charge in [0.2, 0.25) is 10.0 Å². The molecule has 0 saturated heterocycles. The van der Waals surface area contributed by atoms with Crippen molar-refractivity contribution in [1.29, 1.82) is 0 Å². The molecule has 0 aromatic heterocycles. The number of hydrogen-bond acceptors (Lipinski definition) is 4. The molecule has 1 rings (SSSR count). The van der Waals surface area contributed by atoms with Gasteiger partial charge in [-0.3, -0.25) is 0 Å². The highest BCUT2D eigenvalue weighted by molar-refractivity contribution is 7.98. The summed E-state index contributed by atoms with van der Waals surface area (Å²) in [6.45, 7) is 1.78. The van der Waals surface area contributed by atoms with Gasteiger partial charge in [0, 0.05) is 6.04 Å². The van der Waals surface area contributed by atoms with Crippen molar-refractivity contribution in [2.75, 3.05) is 17.7 Å². The summed E-state index contributed by atoms with van der Waals surface area (Å²) in [5.41, 5.74) is 5.24. The van der Waals surface area contributed by atoms with E-state index in [1.165, 1.54) is 12.1 Å². The monoisotopic (exact) mass is 292 g/mol. The lowest BCUT2D eigenvalue weighted by molar-refractivity contribution is 0.555. The summed E-state index contributed by atoms with van der Waals surface area (Å²) >= 11 is 1.64. The number of thioether (sulfide) groups is 1. The second-order valence-electron chi connectivity index (χ2n) is 3.99. The molecular weight excluding hydrogens is 275 g/mol. The molecule has 0 heterocycles. The van der Waals surface area contributed by atoms with E-state index in [1.54, 1.807) is 18.7 Å². The zero-order chi connectivity index (χ0) is 13.8. The van der Waals surface area contributed by atoms with Crippen LogP contribution >= 0.6 is 11.8 Å². The Morgan fingerprint density at radius 1 is 1.50 bits per heavy atom. The third kappa shape index (κ3) is 4.15. The zero-order valence-electron chi connectivity index (χ0n) is 10.3. The fourth-order valence-corrected chi connectivity index (χ4v) is 3.24. The minimum Gasteiger partial charge on any atom is -0.396 e. The van der Waals surface area contributed by atoms with E-state index in [9.17, 15) is 12.8 Å². The van der Waals surface area contributed by atoms with Crippen molar-refractivity contribution < 1.29 is 12.8 Å². The van der Waals surface area contributed by atoms with Crippen LogP contribution in [0, 0.1) is 5.82 Å². The van der Waals surface area contributed by atoms with Crippen LogP contribution in [-0.4, -0.2) is 26.5 Å². The first-order chi connectivity index (χ1) is 8.36. The number of nitrogens with one attached hydrogen (secondary N) is 1. The lowest BCUT2D eigenvalue weighted by Crippen LogP contribution is -2.33.